The minimum atomic E-state index is -4.71. The Kier molecular flexibility index (Phi) is 18.5. The van der Waals surface area contributed by atoms with Crippen LogP contribution in [0.3, 0.4) is 0 Å². The van der Waals surface area contributed by atoms with Crippen LogP contribution in [0, 0.1) is 23.2 Å². The van der Waals surface area contributed by atoms with Crippen molar-refractivity contribution in [1.29, 1.82) is 0 Å². The molecule has 0 amide bonds. The van der Waals surface area contributed by atoms with Gasteiger partial charge in [0.25, 0.3) is 5.56 Å². The van der Waals surface area contributed by atoms with E-state index in [1.807, 2.05) is 0 Å². The summed E-state index contributed by atoms with van der Waals surface area (Å²) < 4.78 is 58.2. The summed E-state index contributed by atoms with van der Waals surface area (Å²) in [5.74, 6) is 0.162. The Morgan fingerprint density at radius 1 is 0.870 bits per heavy atom. The topological polar surface area (TPSA) is 247 Å². The van der Waals surface area contributed by atoms with Gasteiger partial charge in [0, 0.05) is 56.6 Å². The number of carbonyl (C=O) groups excluding carboxylic acids is 3. The molecule has 2 rings (SSSR count). The average Bonchev–Trinajstić information content (AvgIpc) is 3.45. The highest BCUT2D eigenvalue weighted by atomic mass is 32.2. The summed E-state index contributed by atoms with van der Waals surface area (Å²) in [5, 5.41) is 3.29. The van der Waals surface area contributed by atoms with Crippen LogP contribution in [0.5, 0.6) is 0 Å². The highest BCUT2D eigenvalue weighted by molar-refractivity contribution is 8.14. The molecule has 0 saturated carbocycles. The summed E-state index contributed by atoms with van der Waals surface area (Å²) in [5.41, 5.74) is 6.14. The smallest absolute Gasteiger partial charge is 0.352 e. The fraction of sp³-hybridized carbons (Fsp3) is 0.774. The zero-order valence-corrected chi connectivity index (χ0v) is 36.5. The van der Waals surface area contributed by atoms with Gasteiger partial charge in [0.15, 0.2) is 15.3 Å². The number of aromatic nitrogens is 2. The van der Waals surface area contributed by atoms with E-state index in [2.05, 4.69) is 19.9 Å². The van der Waals surface area contributed by atoms with Crippen LogP contribution < -0.4 is 16.1 Å². The molecule has 0 bridgehead atoms. The number of nitrogens with zero attached hydrogens (tertiary/aromatic N) is 4. The van der Waals surface area contributed by atoms with Crippen LogP contribution >= 0.6 is 50.8 Å². The zero-order valence-electron chi connectivity index (χ0n) is 32.3. The number of nitrogens with one attached hydrogen (secondary N) is 2. The van der Waals surface area contributed by atoms with Crippen LogP contribution in [-0.4, -0.2) is 80.7 Å². The molecule has 0 radical (unpaired) electrons. The molecule has 2 N–H and O–H groups in total. The van der Waals surface area contributed by atoms with Gasteiger partial charge in [0.05, 0.1) is 38.6 Å². The van der Waals surface area contributed by atoms with E-state index in [-0.39, 0.29) is 64.4 Å². The van der Waals surface area contributed by atoms with Crippen molar-refractivity contribution < 1.29 is 46.3 Å². The molecule has 1 fully saturated rings. The van der Waals surface area contributed by atoms with Gasteiger partial charge in [-0.3, -0.25) is 46.8 Å². The third-order valence-electron chi connectivity index (χ3n) is 7.08. The van der Waals surface area contributed by atoms with Crippen LogP contribution in [0.2, 0.25) is 0 Å². The number of aromatic amines is 1. The molecule has 0 aliphatic carbocycles. The van der Waals surface area contributed by atoms with Crippen molar-refractivity contribution in [3.8, 4) is 0 Å². The largest absolute Gasteiger partial charge is 0.415 e. The maximum atomic E-state index is 14.4. The first-order valence-corrected chi connectivity index (χ1v) is 23.0. The lowest BCUT2D eigenvalue weighted by Crippen LogP contribution is -2.33. The first-order valence-electron chi connectivity index (χ1n) is 16.9. The third kappa shape index (κ3) is 16.0. The quantitative estimate of drug-likeness (QED) is 0.0489. The van der Waals surface area contributed by atoms with Gasteiger partial charge in [-0.2, -0.15) is 0 Å². The minimum Gasteiger partial charge on any atom is -0.352 e. The van der Waals surface area contributed by atoms with Gasteiger partial charge < -0.3 is 4.74 Å². The predicted octanol–water partition coefficient (Wildman–Crippen LogP) is 6.60. The Bertz CT molecular complexity index is 1710. The van der Waals surface area contributed by atoms with Gasteiger partial charge >= 0.3 is 21.2 Å². The Hall–Kier alpha value is -1.73. The summed E-state index contributed by atoms with van der Waals surface area (Å²) in [6.07, 6.45) is -0.847. The molecule has 2 heterocycles. The fourth-order valence-electron chi connectivity index (χ4n) is 4.06. The Labute approximate surface area is 327 Å². The van der Waals surface area contributed by atoms with Gasteiger partial charge in [-0.25, -0.2) is 13.9 Å². The molecule has 54 heavy (non-hydrogen) atoms. The van der Waals surface area contributed by atoms with Gasteiger partial charge in [-0.15, -0.1) is 4.86 Å². The lowest BCUT2D eigenvalue weighted by Gasteiger charge is -2.26. The monoisotopic (exact) mass is 858 g/mol. The highest BCUT2D eigenvalue weighted by Crippen LogP contribution is 2.58. The van der Waals surface area contributed by atoms with E-state index in [0.717, 1.165) is 39.9 Å². The number of hydrogen-bond donors (Lipinski definition) is 2. The van der Waals surface area contributed by atoms with E-state index in [9.17, 15) is 38.6 Å². The number of azide groups is 1. The second kappa shape index (κ2) is 20.6. The molecule has 1 aliphatic heterocycles. The summed E-state index contributed by atoms with van der Waals surface area (Å²) in [7, 11) is -9.30. The van der Waals surface area contributed by atoms with Crippen LogP contribution in [0.25, 0.3) is 10.4 Å². The predicted molar refractivity (Wildman–Crippen MR) is 210 cm³/mol. The van der Waals surface area contributed by atoms with E-state index < -0.39 is 68.0 Å². The SMILES string of the molecule is Cc1cn([C@H]2C[C@H](N=[N+]=[N-])[C@@H](COP(=O)(NP(=O)(OCCSC(=O)C(C)(C)C)OCCSC(=O)C(C)(C)C)OCCSC(=O)C(C)(C)C)O2)c(=O)[nH]c1=O. The number of H-pyrrole nitrogens is 1. The summed E-state index contributed by atoms with van der Waals surface area (Å²) in [6, 6.07) is -0.943. The molecule has 0 aromatic carbocycles. The van der Waals surface area contributed by atoms with E-state index in [0.29, 0.717) is 0 Å². The Morgan fingerprint density at radius 3 is 1.70 bits per heavy atom. The van der Waals surface area contributed by atoms with Gasteiger partial charge in [0.2, 0.25) is 0 Å². The summed E-state index contributed by atoms with van der Waals surface area (Å²) in [6.45, 7) is 15.7. The van der Waals surface area contributed by atoms with Crippen molar-refractivity contribution in [1.82, 2.24) is 14.4 Å². The molecule has 1 aliphatic rings. The summed E-state index contributed by atoms with van der Waals surface area (Å²) in [4.78, 5) is 69.2. The molecule has 1 aromatic heterocycles. The van der Waals surface area contributed by atoms with Crippen molar-refractivity contribution >= 4 is 66.1 Å². The van der Waals surface area contributed by atoms with E-state index >= 15 is 0 Å². The van der Waals surface area contributed by atoms with E-state index in [1.165, 1.54) is 13.1 Å². The van der Waals surface area contributed by atoms with Crippen molar-refractivity contribution in [3.63, 3.8) is 0 Å². The first kappa shape index (κ1) is 48.4. The Balaban J connectivity index is 2.36. The summed E-state index contributed by atoms with van der Waals surface area (Å²) >= 11 is 2.83. The maximum Gasteiger partial charge on any atom is 0.415 e. The molecule has 23 heteroatoms. The van der Waals surface area contributed by atoms with Crippen molar-refractivity contribution in [2.75, 3.05) is 43.7 Å². The molecule has 1 saturated heterocycles. The Morgan fingerprint density at radius 2 is 1.30 bits per heavy atom. The fourth-order valence-corrected chi connectivity index (χ4v) is 10.4. The average molecular weight is 859 g/mol. The zero-order chi connectivity index (χ0) is 41.1. The van der Waals surface area contributed by atoms with Crippen molar-refractivity contribution in [2.45, 2.75) is 94.0 Å². The molecule has 306 valence electrons. The number of hydrogen-bond acceptors (Lipinski definition) is 16. The number of rotatable bonds is 19. The first-order chi connectivity index (χ1) is 24.8. The standard InChI is InChI=1S/C31H52N6O12P2S3/c1-20-18-37(28(42)33-24(20)38)23-17-21(34-35-32)22(49-23)19-48-51(44,47-13-16-54-27(41)31(8,9)10)36-50(43,45-11-14-52-25(39)29(2,3)4)46-12-15-53-26(40)30(5,6)7/h18,21-23H,11-17,19H2,1-10H3,(H,33,38,42)(H,36,43,44)/t21-,22+,23+,51?/m0/s1. The van der Waals surface area contributed by atoms with Gasteiger partial charge in [0.1, 0.15) is 6.23 Å². The van der Waals surface area contributed by atoms with Crippen LogP contribution in [-0.2, 0) is 46.3 Å². The molecular weight excluding hydrogens is 807 g/mol. The van der Waals surface area contributed by atoms with Crippen LogP contribution in [0.1, 0.15) is 80.5 Å². The lowest BCUT2D eigenvalue weighted by molar-refractivity contribution is -0.118. The van der Waals surface area contributed by atoms with E-state index in [4.69, 9.17) is 22.8 Å². The van der Waals surface area contributed by atoms with Gasteiger partial charge in [-0.05, 0) is 12.5 Å². The van der Waals surface area contributed by atoms with Crippen molar-refractivity contribution in [2.24, 2.45) is 21.4 Å². The van der Waals surface area contributed by atoms with Gasteiger partial charge in [-0.1, -0.05) is 103 Å². The van der Waals surface area contributed by atoms with Crippen LogP contribution in [0.4, 0.5) is 0 Å². The number of carbonyl (C=O) groups is 3. The molecule has 4 atom stereocenters. The van der Waals surface area contributed by atoms with Crippen LogP contribution in [0.15, 0.2) is 20.9 Å². The molecule has 0 spiro atoms. The second-order valence-corrected chi connectivity index (χ2v) is 22.2. The molecular formula is C31H52N6O12P2S3. The maximum absolute atomic E-state index is 14.4. The van der Waals surface area contributed by atoms with Crippen molar-refractivity contribution in [3.05, 3.63) is 43.0 Å². The third-order valence-corrected chi connectivity index (χ3v) is 14.8. The molecule has 18 nitrogen and oxygen atoms in total. The second-order valence-electron chi connectivity index (χ2n) is 15.2. The van der Waals surface area contributed by atoms with E-state index in [1.54, 1.807) is 62.3 Å². The molecule has 1 aromatic rings. The minimum absolute atomic E-state index is 0.0196. The number of ether oxygens (including phenoxy) is 1. The normalized spacial score (nSPS) is 19.3. The number of thioether (sulfide) groups is 3. The number of aryl methyl sites for hydroxylation is 1. The highest BCUT2D eigenvalue weighted by Gasteiger charge is 2.42. The lowest BCUT2D eigenvalue weighted by atomic mass is 9.99. The molecule has 1 unspecified atom stereocenters.